The van der Waals surface area contributed by atoms with E-state index in [2.05, 4.69) is 4.98 Å². The van der Waals surface area contributed by atoms with Gasteiger partial charge in [0.05, 0.1) is 10.9 Å². The number of aromatic nitrogens is 2. The number of aryl methyl sites for hydroxylation is 1. The van der Waals surface area contributed by atoms with Crippen molar-refractivity contribution in [3.05, 3.63) is 40.4 Å². The molecule has 1 heterocycles. The fourth-order valence-corrected chi connectivity index (χ4v) is 1.44. The number of benzene rings is 1. The Morgan fingerprint density at radius 3 is 2.79 bits per heavy atom. The van der Waals surface area contributed by atoms with Crippen molar-refractivity contribution in [2.75, 3.05) is 7.11 Å². The van der Waals surface area contributed by atoms with Crippen LogP contribution in [0.5, 0.6) is 0 Å². The van der Waals surface area contributed by atoms with E-state index in [0.29, 0.717) is 16.7 Å². The molecule has 0 atom stereocenters. The Hall–Kier alpha value is -1.84. The zero-order chi connectivity index (χ0) is 10.1. The second-order valence-corrected chi connectivity index (χ2v) is 2.96. The minimum absolute atomic E-state index is 0.171. The third-order valence-corrected chi connectivity index (χ3v) is 2.08. The lowest BCUT2D eigenvalue weighted by molar-refractivity contribution is 0.149. The largest absolute Gasteiger partial charge is 0.412 e. The van der Waals surface area contributed by atoms with Gasteiger partial charge in [-0.2, -0.15) is 0 Å². The number of hydrogen-bond donors (Lipinski definition) is 0. The molecule has 0 aliphatic rings. The van der Waals surface area contributed by atoms with Gasteiger partial charge >= 0.3 is 0 Å². The molecule has 14 heavy (non-hydrogen) atoms. The molecule has 4 heteroatoms. The number of rotatable bonds is 1. The summed E-state index contributed by atoms with van der Waals surface area (Å²) in [5, 5.41) is 0.569. The van der Waals surface area contributed by atoms with E-state index in [1.807, 2.05) is 12.1 Å². The predicted octanol–water partition coefficient (Wildman–Crippen LogP) is 0.763. The van der Waals surface area contributed by atoms with Crippen LogP contribution in [0.4, 0.5) is 0 Å². The molecule has 4 nitrogen and oxygen atoms in total. The van der Waals surface area contributed by atoms with Gasteiger partial charge in [0.1, 0.15) is 12.9 Å². The van der Waals surface area contributed by atoms with Crippen LogP contribution >= 0.6 is 0 Å². The molecule has 0 aliphatic carbocycles. The molecular weight excluding hydrogens is 180 g/mol. The fourth-order valence-electron chi connectivity index (χ4n) is 1.44. The Kier molecular flexibility index (Phi) is 1.96. The van der Waals surface area contributed by atoms with Crippen LogP contribution in [0.15, 0.2) is 29.1 Å². The van der Waals surface area contributed by atoms with E-state index < -0.39 is 0 Å². The molecule has 1 aromatic carbocycles. The molecule has 0 fully saturated rings. The lowest BCUT2D eigenvalue weighted by Crippen LogP contribution is -2.28. The van der Waals surface area contributed by atoms with Crippen molar-refractivity contribution in [1.29, 1.82) is 0 Å². The van der Waals surface area contributed by atoms with Gasteiger partial charge in [-0.05, 0) is 19.1 Å². The number of hydrogen-bond acceptors (Lipinski definition) is 3. The van der Waals surface area contributed by atoms with Gasteiger partial charge < -0.3 is 4.84 Å². The molecule has 0 amide bonds. The summed E-state index contributed by atoms with van der Waals surface area (Å²) in [6.45, 7) is 1.73. The van der Waals surface area contributed by atoms with Crippen LogP contribution in [0.1, 0.15) is 5.82 Å². The molecule has 0 bridgehead atoms. The van der Waals surface area contributed by atoms with Crippen LogP contribution < -0.4 is 10.4 Å². The molecule has 0 N–H and O–H groups in total. The topological polar surface area (TPSA) is 44.1 Å². The Balaban J connectivity index is 2.93. The predicted molar refractivity (Wildman–Crippen MR) is 53.2 cm³/mol. The fraction of sp³-hybridized carbons (Fsp3) is 0.200. The minimum atomic E-state index is -0.171. The van der Waals surface area contributed by atoms with E-state index in [4.69, 9.17) is 4.84 Å². The Morgan fingerprint density at radius 2 is 2.07 bits per heavy atom. The van der Waals surface area contributed by atoms with E-state index in [1.54, 1.807) is 19.1 Å². The first-order valence-electron chi connectivity index (χ1n) is 4.27. The van der Waals surface area contributed by atoms with Crippen LogP contribution in [0.25, 0.3) is 10.9 Å². The summed E-state index contributed by atoms with van der Waals surface area (Å²) in [4.78, 5) is 20.9. The highest BCUT2D eigenvalue weighted by Gasteiger charge is 2.06. The van der Waals surface area contributed by atoms with Crippen molar-refractivity contribution < 1.29 is 4.84 Å². The second kappa shape index (κ2) is 3.14. The van der Waals surface area contributed by atoms with Crippen LogP contribution in [0, 0.1) is 6.92 Å². The zero-order valence-corrected chi connectivity index (χ0v) is 8.02. The smallest absolute Gasteiger partial charge is 0.294 e. The number of fused-ring (bicyclic) bond motifs is 1. The second-order valence-electron chi connectivity index (χ2n) is 2.96. The number of nitrogens with zero attached hydrogens (tertiary/aromatic N) is 2. The van der Waals surface area contributed by atoms with Gasteiger partial charge in [0.15, 0.2) is 0 Å². The minimum Gasteiger partial charge on any atom is -0.412 e. The van der Waals surface area contributed by atoms with Crippen molar-refractivity contribution >= 4 is 10.9 Å². The van der Waals surface area contributed by atoms with E-state index in [-0.39, 0.29) is 5.56 Å². The first kappa shape index (κ1) is 8.74. The molecule has 0 radical (unpaired) electrons. The molecule has 2 rings (SSSR count). The summed E-state index contributed by atoms with van der Waals surface area (Å²) in [7, 11) is 1.45. The van der Waals surface area contributed by atoms with Crippen LogP contribution in [0.2, 0.25) is 0 Å². The molecule has 0 saturated heterocycles. The van der Waals surface area contributed by atoms with Crippen molar-refractivity contribution in [2.24, 2.45) is 0 Å². The van der Waals surface area contributed by atoms with Crippen molar-refractivity contribution in [2.45, 2.75) is 6.92 Å². The Bertz CT molecular complexity index is 531. The molecule has 72 valence electrons. The lowest BCUT2D eigenvalue weighted by atomic mass is 10.2. The van der Waals surface area contributed by atoms with Gasteiger partial charge in [0.2, 0.25) is 0 Å². The zero-order valence-electron chi connectivity index (χ0n) is 8.02. The first-order valence-corrected chi connectivity index (χ1v) is 4.27. The highest BCUT2D eigenvalue weighted by molar-refractivity contribution is 5.77. The van der Waals surface area contributed by atoms with Gasteiger partial charge in [-0.15, -0.1) is 4.73 Å². The maximum absolute atomic E-state index is 11.8. The third-order valence-electron chi connectivity index (χ3n) is 2.08. The average molecular weight is 190 g/mol. The van der Waals surface area contributed by atoms with Gasteiger partial charge in [-0.3, -0.25) is 4.79 Å². The highest BCUT2D eigenvalue weighted by Crippen LogP contribution is 2.05. The molecule has 0 aliphatic heterocycles. The molecule has 0 saturated carbocycles. The maximum Gasteiger partial charge on any atom is 0.294 e. The van der Waals surface area contributed by atoms with E-state index in [0.717, 1.165) is 0 Å². The van der Waals surface area contributed by atoms with Crippen LogP contribution in [-0.4, -0.2) is 16.8 Å². The third kappa shape index (κ3) is 1.16. The maximum atomic E-state index is 11.8. The van der Waals surface area contributed by atoms with Crippen LogP contribution in [0.3, 0.4) is 0 Å². The number of para-hydroxylation sites is 1. The van der Waals surface area contributed by atoms with Crippen molar-refractivity contribution in [3.8, 4) is 0 Å². The van der Waals surface area contributed by atoms with Gasteiger partial charge in [0, 0.05) is 0 Å². The van der Waals surface area contributed by atoms with Gasteiger partial charge in [-0.25, -0.2) is 4.98 Å². The molecule has 2 aromatic rings. The Morgan fingerprint density at radius 1 is 1.36 bits per heavy atom. The molecule has 1 aromatic heterocycles. The standard InChI is InChI=1S/C10H10N2O2/c1-7-11-9-6-4-3-5-8(9)10(13)12(7)14-2/h3-6H,1-2H3. The Labute approximate surface area is 80.7 Å². The summed E-state index contributed by atoms with van der Waals surface area (Å²) in [5.41, 5.74) is 0.527. The van der Waals surface area contributed by atoms with E-state index >= 15 is 0 Å². The monoisotopic (exact) mass is 190 g/mol. The molecule has 0 unspecified atom stereocenters. The SMILES string of the molecule is COn1c(C)nc2ccccc2c1=O. The first-order chi connectivity index (χ1) is 6.74. The summed E-state index contributed by atoms with van der Waals surface area (Å²) in [6.07, 6.45) is 0. The van der Waals surface area contributed by atoms with Crippen molar-refractivity contribution in [1.82, 2.24) is 9.71 Å². The summed E-state index contributed by atoms with van der Waals surface area (Å²) < 4.78 is 1.18. The van der Waals surface area contributed by atoms with Crippen molar-refractivity contribution in [3.63, 3.8) is 0 Å². The molecular formula is C10H10N2O2. The van der Waals surface area contributed by atoms with Crippen LogP contribution in [-0.2, 0) is 0 Å². The summed E-state index contributed by atoms with van der Waals surface area (Å²) >= 11 is 0. The lowest BCUT2D eigenvalue weighted by Gasteiger charge is -2.07. The van der Waals surface area contributed by atoms with Gasteiger partial charge in [0.25, 0.3) is 5.56 Å². The van der Waals surface area contributed by atoms with E-state index in [9.17, 15) is 4.79 Å². The quantitative estimate of drug-likeness (QED) is 0.667. The highest BCUT2D eigenvalue weighted by atomic mass is 16.7. The molecule has 0 spiro atoms. The van der Waals surface area contributed by atoms with Gasteiger partial charge in [-0.1, -0.05) is 12.1 Å². The van der Waals surface area contributed by atoms with E-state index in [1.165, 1.54) is 11.8 Å². The normalized spacial score (nSPS) is 10.4. The summed E-state index contributed by atoms with van der Waals surface area (Å²) in [6, 6.07) is 7.20. The average Bonchev–Trinajstić information content (AvgIpc) is 2.18. The summed E-state index contributed by atoms with van der Waals surface area (Å²) in [5.74, 6) is 0.552.